The molecule has 1 atom stereocenters. The number of halogens is 2. The van der Waals surface area contributed by atoms with Crippen LogP contribution in [0.25, 0.3) is 0 Å². The maximum Gasteiger partial charge on any atom is 0.326 e. The van der Waals surface area contributed by atoms with Gasteiger partial charge in [0.25, 0.3) is 0 Å². The first-order valence-corrected chi connectivity index (χ1v) is 10.9. The monoisotopic (exact) mass is 436 g/mol. The number of anilines is 1. The number of nitrogens with zero attached hydrogens (tertiary/aromatic N) is 1. The van der Waals surface area contributed by atoms with Crippen LogP contribution >= 0.6 is 11.6 Å². The summed E-state index contributed by atoms with van der Waals surface area (Å²) >= 11 is 6.02. The normalized spacial score (nSPS) is 16.8. The van der Waals surface area contributed by atoms with Gasteiger partial charge in [-0.25, -0.2) is 17.6 Å². The van der Waals surface area contributed by atoms with E-state index in [0.717, 1.165) is 6.26 Å². The standard InChI is InChI=1S/C20H18ClFN2O4S/c1-12-9-16(21)19(29(2,27)28)11-17(12)23-20(26)24-8-7-15(25)10-18(24)13-3-5-14(22)6-4-13/h3-9,11,18H,10H2,1-2H3,(H,23,26). The van der Waals surface area contributed by atoms with Gasteiger partial charge >= 0.3 is 6.03 Å². The van der Waals surface area contributed by atoms with E-state index in [1.807, 2.05) is 0 Å². The molecule has 152 valence electrons. The third kappa shape index (κ3) is 4.65. The Balaban J connectivity index is 1.93. The van der Waals surface area contributed by atoms with Crippen LogP contribution in [0, 0.1) is 12.7 Å². The number of nitrogens with one attached hydrogen (secondary N) is 1. The van der Waals surface area contributed by atoms with E-state index >= 15 is 0 Å². The molecule has 1 unspecified atom stereocenters. The molecule has 0 bridgehead atoms. The molecule has 9 heteroatoms. The molecule has 1 aliphatic rings. The molecule has 0 aliphatic carbocycles. The summed E-state index contributed by atoms with van der Waals surface area (Å²) in [5.41, 5.74) is 1.46. The molecule has 2 aromatic carbocycles. The van der Waals surface area contributed by atoms with Gasteiger partial charge in [-0.2, -0.15) is 0 Å². The number of carbonyl (C=O) groups is 2. The molecular formula is C20H18ClFN2O4S. The second-order valence-corrected chi connectivity index (χ2v) is 9.15. The van der Waals surface area contributed by atoms with E-state index in [-0.39, 0.29) is 27.8 Å². The van der Waals surface area contributed by atoms with Crippen molar-refractivity contribution in [3.05, 3.63) is 70.6 Å². The van der Waals surface area contributed by atoms with E-state index in [1.165, 1.54) is 53.6 Å². The number of hydrogen-bond donors (Lipinski definition) is 1. The zero-order chi connectivity index (χ0) is 21.3. The zero-order valence-electron chi connectivity index (χ0n) is 15.6. The number of amides is 2. The highest BCUT2D eigenvalue weighted by Crippen LogP contribution is 2.32. The van der Waals surface area contributed by atoms with Crippen molar-refractivity contribution in [1.82, 2.24) is 4.90 Å². The summed E-state index contributed by atoms with van der Waals surface area (Å²) in [6.45, 7) is 1.68. The number of hydrogen-bond acceptors (Lipinski definition) is 4. The van der Waals surface area contributed by atoms with E-state index in [1.54, 1.807) is 6.92 Å². The van der Waals surface area contributed by atoms with Crippen LogP contribution < -0.4 is 5.32 Å². The molecular weight excluding hydrogens is 419 g/mol. The predicted molar refractivity (Wildman–Crippen MR) is 108 cm³/mol. The average Bonchev–Trinajstić information content (AvgIpc) is 2.63. The average molecular weight is 437 g/mol. The van der Waals surface area contributed by atoms with E-state index < -0.39 is 27.7 Å². The molecule has 1 aliphatic heterocycles. The van der Waals surface area contributed by atoms with E-state index in [2.05, 4.69) is 5.32 Å². The van der Waals surface area contributed by atoms with Crippen molar-refractivity contribution >= 4 is 38.9 Å². The zero-order valence-corrected chi connectivity index (χ0v) is 17.2. The van der Waals surface area contributed by atoms with Gasteiger partial charge in [0.15, 0.2) is 15.6 Å². The Bertz CT molecular complexity index is 1110. The lowest BCUT2D eigenvalue weighted by Gasteiger charge is -2.31. The number of carbonyl (C=O) groups excluding carboxylic acids is 2. The van der Waals surface area contributed by atoms with Gasteiger partial charge in [0.05, 0.1) is 16.0 Å². The van der Waals surface area contributed by atoms with Gasteiger partial charge < -0.3 is 5.32 Å². The smallest absolute Gasteiger partial charge is 0.307 e. The molecule has 29 heavy (non-hydrogen) atoms. The van der Waals surface area contributed by atoms with E-state index in [9.17, 15) is 22.4 Å². The molecule has 0 saturated carbocycles. The fourth-order valence-electron chi connectivity index (χ4n) is 3.05. The van der Waals surface area contributed by atoms with Crippen LogP contribution in [0.3, 0.4) is 0 Å². The molecule has 0 radical (unpaired) electrons. The quantitative estimate of drug-likeness (QED) is 0.779. The Labute approximate surface area is 172 Å². The predicted octanol–water partition coefficient (Wildman–Crippen LogP) is 4.25. The van der Waals surface area contributed by atoms with E-state index in [0.29, 0.717) is 11.1 Å². The summed E-state index contributed by atoms with van der Waals surface area (Å²) in [6.07, 6.45) is 3.72. The van der Waals surface area contributed by atoms with Gasteiger partial charge in [-0.15, -0.1) is 0 Å². The Morgan fingerprint density at radius 1 is 1.24 bits per heavy atom. The topological polar surface area (TPSA) is 83.6 Å². The molecule has 6 nitrogen and oxygen atoms in total. The first-order chi connectivity index (χ1) is 13.6. The lowest BCUT2D eigenvalue weighted by Crippen LogP contribution is -2.37. The molecule has 1 N–H and O–H groups in total. The number of ketones is 1. The van der Waals surface area contributed by atoms with E-state index in [4.69, 9.17) is 11.6 Å². The maximum absolute atomic E-state index is 13.3. The summed E-state index contributed by atoms with van der Waals surface area (Å²) in [4.78, 5) is 26.0. The summed E-state index contributed by atoms with van der Waals surface area (Å²) in [5.74, 6) is -0.585. The minimum atomic E-state index is -3.59. The first kappa shape index (κ1) is 21.0. The van der Waals surface area contributed by atoms with Crippen LogP contribution in [0.5, 0.6) is 0 Å². The molecule has 2 aromatic rings. The minimum Gasteiger partial charge on any atom is -0.307 e. The second-order valence-electron chi connectivity index (χ2n) is 6.76. The molecule has 0 aromatic heterocycles. The summed E-state index contributed by atoms with van der Waals surface area (Å²) in [5, 5.41) is 2.74. The van der Waals surface area contributed by atoms with Gasteiger partial charge in [-0.3, -0.25) is 9.69 Å². The number of aryl methyl sites for hydroxylation is 1. The van der Waals surface area contributed by atoms with Crippen molar-refractivity contribution in [2.75, 3.05) is 11.6 Å². The Kier molecular flexibility index (Phi) is 5.77. The van der Waals surface area contributed by atoms with Crippen LogP contribution in [0.4, 0.5) is 14.9 Å². The van der Waals surface area contributed by atoms with Crippen LogP contribution in [0.1, 0.15) is 23.6 Å². The summed E-state index contributed by atoms with van der Waals surface area (Å²) in [7, 11) is -3.59. The summed E-state index contributed by atoms with van der Waals surface area (Å²) in [6, 6.07) is 7.13. The largest absolute Gasteiger partial charge is 0.326 e. The lowest BCUT2D eigenvalue weighted by molar-refractivity contribution is -0.116. The fraction of sp³-hybridized carbons (Fsp3) is 0.200. The number of urea groups is 1. The molecule has 3 rings (SSSR count). The van der Waals surface area contributed by atoms with Crippen molar-refractivity contribution in [3.63, 3.8) is 0 Å². The Morgan fingerprint density at radius 3 is 2.52 bits per heavy atom. The van der Waals surface area contributed by atoms with Crippen molar-refractivity contribution in [2.45, 2.75) is 24.3 Å². The van der Waals surface area contributed by atoms with Crippen molar-refractivity contribution in [2.24, 2.45) is 0 Å². The number of sulfone groups is 1. The van der Waals surface area contributed by atoms with Gasteiger partial charge in [-0.05, 0) is 48.4 Å². The molecule has 0 spiro atoms. The molecule has 1 heterocycles. The third-order valence-corrected chi connectivity index (χ3v) is 6.12. The van der Waals surface area contributed by atoms with Crippen molar-refractivity contribution in [3.8, 4) is 0 Å². The molecule has 0 saturated heterocycles. The van der Waals surface area contributed by atoms with Gasteiger partial charge in [0.1, 0.15) is 5.82 Å². The Morgan fingerprint density at radius 2 is 1.90 bits per heavy atom. The van der Waals surface area contributed by atoms with Crippen LogP contribution in [0.2, 0.25) is 5.02 Å². The maximum atomic E-state index is 13.3. The van der Waals surface area contributed by atoms with Crippen LogP contribution in [0.15, 0.2) is 53.6 Å². The number of allylic oxidation sites excluding steroid dienone is 1. The lowest BCUT2D eigenvalue weighted by atomic mass is 9.97. The number of benzene rings is 2. The fourth-order valence-corrected chi connectivity index (χ4v) is 4.43. The SMILES string of the molecule is Cc1cc(Cl)c(S(C)(=O)=O)cc1NC(=O)N1C=CC(=O)CC1c1ccc(F)cc1. The van der Waals surface area contributed by atoms with Gasteiger partial charge in [-0.1, -0.05) is 23.7 Å². The van der Waals surface area contributed by atoms with Crippen molar-refractivity contribution in [1.29, 1.82) is 0 Å². The third-order valence-electron chi connectivity index (χ3n) is 4.56. The number of rotatable bonds is 3. The molecule has 2 amide bonds. The minimum absolute atomic E-state index is 0.0454. The Hall–Kier alpha value is -2.71. The first-order valence-electron chi connectivity index (χ1n) is 8.62. The highest BCUT2D eigenvalue weighted by atomic mass is 35.5. The van der Waals surface area contributed by atoms with Crippen LogP contribution in [-0.4, -0.2) is 31.4 Å². The highest BCUT2D eigenvalue weighted by molar-refractivity contribution is 7.90. The summed E-state index contributed by atoms with van der Waals surface area (Å²) < 4.78 is 37.1. The van der Waals surface area contributed by atoms with Gasteiger partial charge in [0.2, 0.25) is 0 Å². The molecule has 0 fully saturated rings. The van der Waals surface area contributed by atoms with Gasteiger partial charge in [0, 0.05) is 24.6 Å². The second kappa shape index (κ2) is 7.96. The van der Waals surface area contributed by atoms with Crippen LogP contribution in [-0.2, 0) is 14.6 Å². The highest BCUT2D eigenvalue weighted by Gasteiger charge is 2.29. The van der Waals surface area contributed by atoms with Crippen molar-refractivity contribution < 1.29 is 22.4 Å².